The minimum Gasteiger partial charge on any atom is -0.467 e. The number of nitrogens with zero attached hydrogens (tertiary/aromatic N) is 4. The van der Waals surface area contributed by atoms with Gasteiger partial charge in [-0.2, -0.15) is 5.10 Å². The molecular formula is C23H17N5O3S2. The molecule has 33 heavy (non-hydrogen) atoms. The summed E-state index contributed by atoms with van der Waals surface area (Å²) in [6.07, 6.45) is 2.09. The topological polar surface area (TPSA) is 111 Å². The number of furan rings is 2. The van der Waals surface area contributed by atoms with E-state index in [9.17, 15) is 4.79 Å². The molecular weight excluding hydrogens is 458 g/mol. The lowest BCUT2D eigenvalue weighted by molar-refractivity contribution is -0.130. The molecule has 164 valence electrons. The van der Waals surface area contributed by atoms with Crippen molar-refractivity contribution in [3.63, 3.8) is 0 Å². The molecule has 1 amide bonds. The van der Waals surface area contributed by atoms with Crippen LogP contribution in [0.1, 0.15) is 24.0 Å². The second-order valence-electron chi connectivity index (χ2n) is 7.49. The number of rotatable bonds is 5. The first kappa shape index (κ1) is 20.0. The molecule has 1 aliphatic heterocycles. The van der Waals surface area contributed by atoms with Gasteiger partial charge in [0.15, 0.2) is 10.9 Å². The number of anilines is 1. The Labute approximate surface area is 196 Å². The minimum atomic E-state index is -0.345. The normalized spacial score (nSPS) is 16.1. The number of carbonyl (C=O) groups is 1. The second kappa shape index (κ2) is 8.05. The van der Waals surface area contributed by atoms with Gasteiger partial charge in [-0.25, -0.2) is 15.0 Å². The van der Waals surface area contributed by atoms with E-state index in [-0.39, 0.29) is 17.7 Å². The maximum atomic E-state index is 13.2. The van der Waals surface area contributed by atoms with Gasteiger partial charge in [-0.05, 0) is 35.7 Å². The lowest BCUT2D eigenvalue weighted by Gasteiger charge is -2.19. The number of aromatic nitrogens is 2. The highest BCUT2D eigenvalue weighted by molar-refractivity contribution is 7.99. The molecule has 6 rings (SSSR count). The maximum Gasteiger partial charge on any atom is 0.253 e. The standard InChI is InChI=1S/C23H17N5O3S2/c24-21-14-7-9-32-22(14)26-23(25-21)33-12-20(29)28-16(18-6-3-8-30-18)11-15(27-28)19-10-13-4-1-2-5-17(13)31-19/h1-10,16H,11-12H2,(H2,24,25,26). The highest BCUT2D eigenvalue weighted by atomic mass is 32.2. The molecule has 1 aliphatic rings. The summed E-state index contributed by atoms with van der Waals surface area (Å²) in [6.45, 7) is 0. The van der Waals surface area contributed by atoms with E-state index in [1.54, 1.807) is 12.3 Å². The highest BCUT2D eigenvalue weighted by Crippen LogP contribution is 2.35. The first-order valence-corrected chi connectivity index (χ1v) is 12.1. The van der Waals surface area contributed by atoms with E-state index >= 15 is 0 Å². The average molecular weight is 476 g/mol. The molecule has 1 unspecified atom stereocenters. The zero-order valence-electron chi connectivity index (χ0n) is 17.2. The molecule has 0 fully saturated rings. The zero-order valence-corrected chi connectivity index (χ0v) is 18.8. The number of hydrazone groups is 1. The number of nitrogen functional groups attached to an aromatic ring is 1. The third kappa shape index (κ3) is 3.66. The molecule has 0 saturated carbocycles. The Bertz CT molecular complexity index is 1470. The van der Waals surface area contributed by atoms with Crippen molar-refractivity contribution in [3.8, 4) is 0 Å². The van der Waals surface area contributed by atoms with Crippen molar-refractivity contribution in [2.75, 3.05) is 11.5 Å². The highest BCUT2D eigenvalue weighted by Gasteiger charge is 2.36. The van der Waals surface area contributed by atoms with E-state index in [1.807, 2.05) is 47.8 Å². The third-order valence-electron chi connectivity index (χ3n) is 5.41. The lowest BCUT2D eigenvalue weighted by atomic mass is 10.1. The van der Waals surface area contributed by atoms with Gasteiger partial charge in [0.05, 0.1) is 17.4 Å². The number of hydrogen-bond acceptors (Lipinski definition) is 9. The number of thiophene rings is 1. The fraction of sp³-hybridized carbons (Fsp3) is 0.130. The molecule has 0 radical (unpaired) electrons. The quantitative estimate of drug-likeness (QED) is 0.279. The Morgan fingerprint density at radius 1 is 1.21 bits per heavy atom. The van der Waals surface area contributed by atoms with E-state index in [4.69, 9.17) is 14.6 Å². The Hall–Kier alpha value is -3.63. The first-order chi connectivity index (χ1) is 16.2. The van der Waals surface area contributed by atoms with Crippen LogP contribution in [0, 0.1) is 0 Å². The van der Waals surface area contributed by atoms with Gasteiger partial charge < -0.3 is 14.6 Å². The van der Waals surface area contributed by atoms with Gasteiger partial charge in [0.25, 0.3) is 5.91 Å². The minimum absolute atomic E-state index is 0.116. The summed E-state index contributed by atoms with van der Waals surface area (Å²) >= 11 is 2.73. The van der Waals surface area contributed by atoms with Gasteiger partial charge in [0.2, 0.25) is 0 Å². The number of thioether (sulfide) groups is 1. The van der Waals surface area contributed by atoms with Crippen LogP contribution >= 0.6 is 23.1 Å². The average Bonchev–Trinajstić information content (AvgIpc) is 3.61. The molecule has 2 N–H and O–H groups in total. The zero-order chi connectivity index (χ0) is 22.4. The summed E-state index contributed by atoms with van der Waals surface area (Å²) in [6, 6.07) is 14.9. The molecule has 10 heteroatoms. The van der Waals surface area contributed by atoms with Crippen molar-refractivity contribution in [2.24, 2.45) is 5.10 Å². The van der Waals surface area contributed by atoms with Crippen molar-refractivity contribution in [2.45, 2.75) is 17.6 Å². The third-order valence-corrected chi connectivity index (χ3v) is 7.04. The SMILES string of the molecule is Nc1nc(SCC(=O)N2N=C(c3cc4ccccc4o3)CC2c2ccco2)nc2sccc12. The molecule has 0 saturated heterocycles. The molecule has 1 atom stereocenters. The number of benzene rings is 1. The number of amides is 1. The number of carbonyl (C=O) groups excluding carboxylic acids is 1. The van der Waals surface area contributed by atoms with Crippen LogP contribution < -0.4 is 5.73 Å². The van der Waals surface area contributed by atoms with Gasteiger partial charge >= 0.3 is 0 Å². The molecule has 5 heterocycles. The molecule has 0 spiro atoms. The van der Waals surface area contributed by atoms with Crippen molar-refractivity contribution in [3.05, 3.63) is 71.7 Å². The molecule has 1 aromatic carbocycles. The van der Waals surface area contributed by atoms with Crippen LogP contribution in [0.5, 0.6) is 0 Å². The van der Waals surface area contributed by atoms with Crippen LogP contribution in [-0.2, 0) is 4.79 Å². The van der Waals surface area contributed by atoms with E-state index in [1.165, 1.54) is 28.1 Å². The van der Waals surface area contributed by atoms with Crippen molar-refractivity contribution in [1.29, 1.82) is 0 Å². The van der Waals surface area contributed by atoms with Crippen LogP contribution in [-0.4, -0.2) is 32.3 Å². The number of para-hydroxylation sites is 1. The van der Waals surface area contributed by atoms with E-state index < -0.39 is 0 Å². The van der Waals surface area contributed by atoms with Crippen LogP contribution in [0.3, 0.4) is 0 Å². The summed E-state index contributed by atoms with van der Waals surface area (Å²) in [5.74, 6) is 1.67. The van der Waals surface area contributed by atoms with E-state index in [2.05, 4.69) is 15.1 Å². The predicted octanol–water partition coefficient (Wildman–Crippen LogP) is 5.08. The van der Waals surface area contributed by atoms with Crippen LogP contribution in [0.4, 0.5) is 5.82 Å². The fourth-order valence-electron chi connectivity index (χ4n) is 3.83. The summed E-state index contributed by atoms with van der Waals surface area (Å²) in [4.78, 5) is 22.8. The van der Waals surface area contributed by atoms with Gasteiger partial charge in [0.1, 0.15) is 33.7 Å². The monoisotopic (exact) mass is 475 g/mol. The Morgan fingerprint density at radius 3 is 2.97 bits per heavy atom. The van der Waals surface area contributed by atoms with Crippen LogP contribution in [0.25, 0.3) is 21.2 Å². The second-order valence-corrected chi connectivity index (χ2v) is 9.33. The summed E-state index contributed by atoms with van der Waals surface area (Å²) in [5, 5.41) is 10.3. The summed E-state index contributed by atoms with van der Waals surface area (Å²) in [5.41, 5.74) is 7.51. The Balaban J connectivity index is 1.27. The number of fused-ring (bicyclic) bond motifs is 2. The summed E-state index contributed by atoms with van der Waals surface area (Å²) < 4.78 is 11.6. The van der Waals surface area contributed by atoms with Gasteiger partial charge in [-0.1, -0.05) is 30.0 Å². The molecule has 8 nitrogen and oxygen atoms in total. The lowest BCUT2D eigenvalue weighted by Crippen LogP contribution is -2.28. The van der Waals surface area contributed by atoms with Crippen molar-refractivity contribution >= 4 is 61.7 Å². The van der Waals surface area contributed by atoms with Crippen molar-refractivity contribution in [1.82, 2.24) is 15.0 Å². The first-order valence-electron chi connectivity index (χ1n) is 10.2. The maximum absolute atomic E-state index is 13.2. The van der Waals surface area contributed by atoms with Crippen LogP contribution in [0.2, 0.25) is 0 Å². The van der Waals surface area contributed by atoms with E-state index in [0.29, 0.717) is 34.6 Å². The fourth-order valence-corrected chi connectivity index (χ4v) is 5.36. The largest absolute Gasteiger partial charge is 0.467 e. The molecule has 0 bridgehead atoms. The van der Waals surface area contributed by atoms with E-state index in [0.717, 1.165) is 21.2 Å². The van der Waals surface area contributed by atoms with Gasteiger partial charge in [-0.15, -0.1) is 11.3 Å². The predicted molar refractivity (Wildman–Crippen MR) is 128 cm³/mol. The Kier molecular flexibility index (Phi) is 4.88. The van der Waals surface area contributed by atoms with Gasteiger partial charge in [-0.3, -0.25) is 4.79 Å². The molecule has 4 aromatic heterocycles. The van der Waals surface area contributed by atoms with Crippen molar-refractivity contribution < 1.29 is 13.6 Å². The number of hydrogen-bond donors (Lipinski definition) is 1. The summed E-state index contributed by atoms with van der Waals surface area (Å²) in [7, 11) is 0. The smallest absolute Gasteiger partial charge is 0.253 e. The molecule has 0 aliphatic carbocycles. The van der Waals surface area contributed by atoms with Crippen LogP contribution in [0.15, 0.2) is 79.3 Å². The molecule has 5 aromatic rings. The van der Waals surface area contributed by atoms with Gasteiger partial charge in [0, 0.05) is 11.8 Å². The Morgan fingerprint density at radius 2 is 2.12 bits per heavy atom. The number of nitrogens with two attached hydrogens (primary N) is 1.